The lowest BCUT2D eigenvalue weighted by Crippen LogP contribution is -2.49. The van der Waals surface area contributed by atoms with Crippen molar-refractivity contribution in [3.05, 3.63) is 42.0 Å². The van der Waals surface area contributed by atoms with Crippen LogP contribution >= 0.6 is 0 Å². The lowest BCUT2D eigenvalue weighted by molar-refractivity contribution is 0.0918. The molecule has 2 N–H and O–H groups in total. The van der Waals surface area contributed by atoms with Crippen molar-refractivity contribution in [2.45, 2.75) is 13.0 Å². The summed E-state index contributed by atoms with van der Waals surface area (Å²) in [7, 11) is 2.10. The molecule has 30 heavy (non-hydrogen) atoms. The first kappa shape index (κ1) is 18.6. The molecule has 10 heteroatoms. The highest BCUT2D eigenvalue weighted by Gasteiger charge is 2.25. The summed E-state index contributed by atoms with van der Waals surface area (Å²) < 4.78 is 1.90. The van der Waals surface area contributed by atoms with Crippen LogP contribution in [0.5, 0.6) is 0 Å². The number of anilines is 1. The van der Waals surface area contributed by atoms with E-state index in [1.807, 2.05) is 29.8 Å². The van der Waals surface area contributed by atoms with Crippen LogP contribution in [0.4, 0.5) is 5.69 Å². The lowest BCUT2D eigenvalue weighted by atomic mass is 10.2. The van der Waals surface area contributed by atoms with Crippen molar-refractivity contribution in [1.29, 1.82) is 0 Å². The predicted molar refractivity (Wildman–Crippen MR) is 112 cm³/mol. The van der Waals surface area contributed by atoms with Crippen LogP contribution in [-0.2, 0) is 0 Å². The number of fused-ring (bicyclic) bond motifs is 3. The van der Waals surface area contributed by atoms with E-state index in [9.17, 15) is 9.59 Å². The van der Waals surface area contributed by atoms with Gasteiger partial charge >= 0.3 is 0 Å². The minimum absolute atomic E-state index is 0.0721. The molecule has 156 valence electrons. The van der Waals surface area contributed by atoms with Crippen LogP contribution in [0.3, 0.4) is 0 Å². The quantitative estimate of drug-likeness (QED) is 0.661. The number of nitrogens with one attached hydrogen (secondary N) is 2. The Balaban J connectivity index is 1.37. The molecule has 1 atom stereocenters. The number of carbonyl (C=O) groups excluding carboxylic acids is 2. The van der Waals surface area contributed by atoms with Gasteiger partial charge in [-0.15, -0.1) is 0 Å². The van der Waals surface area contributed by atoms with Crippen molar-refractivity contribution in [2.24, 2.45) is 0 Å². The van der Waals surface area contributed by atoms with Gasteiger partial charge in [-0.2, -0.15) is 9.89 Å². The third-order valence-electron chi connectivity index (χ3n) is 5.75. The Hall–Kier alpha value is -3.40. The zero-order chi connectivity index (χ0) is 20.8. The topological polar surface area (TPSA) is 100 Å². The number of hydrogen-bond acceptors (Lipinski definition) is 6. The molecule has 0 radical (unpaired) electrons. The monoisotopic (exact) mass is 408 g/mol. The molecule has 2 amide bonds. The minimum Gasteiger partial charge on any atom is -0.349 e. The number of carbonyl (C=O) groups is 2. The van der Waals surface area contributed by atoms with E-state index < -0.39 is 0 Å². The number of likely N-dealkylation sites (N-methyl/N-ethyl adjacent to an activating group) is 1. The highest BCUT2D eigenvalue weighted by atomic mass is 16.2. The van der Waals surface area contributed by atoms with Crippen LogP contribution in [0.2, 0.25) is 0 Å². The van der Waals surface area contributed by atoms with Crippen LogP contribution in [0, 0.1) is 0 Å². The summed E-state index contributed by atoms with van der Waals surface area (Å²) in [6, 6.07) is 5.39. The maximum Gasteiger partial charge on any atom is 0.274 e. The number of pyridine rings is 1. The van der Waals surface area contributed by atoms with Gasteiger partial charge in [-0.1, -0.05) is 0 Å². The average molecular weight is 408 g/mol. The molecule has 5 rings (SSSR count). The Morgan fingerprint density at radius 1 is 1.23 bits per heavy atom. The smallest absolute Gasteiger partial charge is 0.274 e. The van der Waals surface area contributed by atoms with E-state index in [-0.39, 0.29) is 17.9 Å². The fourth-order valence-electron chi connectivity index (χ4n) is 3.99. The molecule has 0 saturated carbocycles. The van der Waals surface area contributed by atoms with Crippen molar-refractivity contribution in [3.63, 3.8) is 0 Å². The van der Waals surface area contributed by atoms with Crippen LogP contribution in [0.25, 0.3) is 11.0 Å². The summed E-state index contributed by atoms with van der Waals surface area (Å²) in [6.07, 6.45) is 3.45. The van der Waals surface area contributed by atoms with E-state index in [2.05, 4.69) is 37.7 Å². The molecule has 10 nitrogen and oxygen atoms in total. The number of nitrogens with zero attached hydrogens (tertiary/aromatic N) is 6. The Morgan fingerprint density at radius 3 is 2.83 bits per heavy atom. The summed E-state index contributed by atoms with van der Waals surface area (Å²) in [5.74, 6) is -0.424. The molecule has 0 bridgehead atoms. The summed E-state index contributed by atoms with van der Waals surface area (Å²) in [4.78, 5) is 33.6. The fraction of sp³-hybridized carbons (Fsp3) is 0.400. The standard InChI is InChI=1S/C20H24N8O2/c1-13-10-21-20(30)17-9-14-3-4-16(24-18(14)28(13)17)19(29)23-15-11-22-27(12-15)26-7-5-25(2)6-8-26/h3-4,9,11-13H,5-8,10H2,1-2H3,(H,21,30)(H,23,29)/t13-/m1/s1. The first-order valence-electron chi connectivity index (χ1n) is 10.1. The average Bonchev–Trinajstić information content (AvgIpc) is 3.36. The first-order valence-corrected chi connectivity index (χ1v) is 10.1. The summed E-state index contributed by atoms with van der Waals surface area (Å²) in [6.45, 7) is 6.28. The Kier molecular flexibility index (Phi) is 4.43. The van der Waals surface area contributed by atoms with Gasteiger partial charge < -0.3 is 20.1 Å². The molecule has 5 heterocycles. The van der Waals surface area contributed by atoms with E-state index in [4.69, 9.17) is 0 Å². The van der Waals surface area contributed by atoms with Crippen molar-refractivity contribution in [2.75, 3.05) is 50.1 Å². The molecule has 0 aromatic carbocycles. The summed E-state index contributed by atoms with van der Waals surface area (Å²) in [5.41, 5.74) is 2.13. The zero-order valence-corrected chi connectivity index (χ0v) is 17.0. The highest BCUT2D eigenvalue weighted by molar-refractivity contribution is 6.04. The van der Waals surface area contributed by atoms with Gasteiger partial charge in [-0.3, -0.25) is 14.6 Å². The highest BCUT2D eigenvalue weighted by Crippen LogP contribution is 2.25. The number of piperazine rings is 1. The molecule has 0 spiro atoms. The molecule has 2 aliphatic rings. The van der Waals surface area contributed by atoms with Gasteiger partial charge in [-0.05, 0) is 32.2 Å². The molecule has 3 aromatic heterocycles. The van der Waals surface area contributed by atoms with Gasteiger partial charge in [0.05, 0.1) is 24.1 Å². The van der Waals surface area contributed by atoms with Gasteiger partial charge in [-0.25, -0.2) is 4.98 Å². The van der Waals surface area contributed by atoms with E-state index in [0.717, 1.165) is 31.6 Å². The second-order valence-electron chi connectivity index (χ2n) is 7.93. The predicted octanol–water partition coefficient (Wildman–Crippen LogP) is 0.673. The van der Waals surface area contributed by atoms with E-state index in [1.165, 1.54) is 0 Å². The van der Waals surface area contributed by atoms with Crippen LogP contribution in [0.15, 0.2) is 30.6 Å². The molecule has 3 aromatic rings. The Morgan fingerprint density at radius 2 is 2.03 bits per heavy atom. The number of hydrogen-bond donors (Lipinski definition) is 2. The molecule has 0 aliphatic carbocycles. The van der Waals surface area contributed by atoms with Crippen molar-refractivity contribution in [1.82, 2.24) is 29.7 Å². The fourth-order valence-corrected chi connectivity index (χ4v) is 3.99. The largest absolute Gasteiger partial charge is 0.349 e. The normalized spacial score (nSPS) is 19.6. The van der Waals surface area contributed by atoms with E-state index in [0.29, 0.717) is 29.3 Å². The summed E-state index contributed by atoms with van der Waals surface area (Å²) in [5, 5.41) is 13.1. The SMILES string of the molecule is C[C@@H]1CNC(=O)c2cc3ccc(C(=O)Nc4cnn(N5CCN(C)CC5)c4)nc3n21. The van der Waals surface area contributed by atoms with Gasteiger partial charge in [0.1, 0.15) is 17.0 Å². The van der Waals surface area contributed by atoms with E-state index in [1.54, 1.807) is 17.1 Å². The third-order valence-corrected chi connectivity index (χ3v) is 5.75. The molecule has 1 saturated heterocycles. The van der Waals surface area contributed by atoms with Crippen LogP contribution < -0.4 is 15.6 Å². The molecule has 0 unspecified atom stereocenters. The van der Waals surface area contributed by atoms with Gasteiger partial charge in [0.15, 0.2) is 0 Å². The van der Waals surface area contributed by atoms with Gasteiger partial charge in [0.25, 0.3) is 11.8 Å². The van der Waals surface area contributed by atoms with Crippen molar-refractivity contribution < 1.29 is 9.59 Å². The van der Waals surface area contributed by atoms with Crippen LogP contribution in [0.1, 0.15) is 33.9 Å². The zero-order valence-electron chi connectivity index (χ0n) is 17.0. The van der Waals surface area contributed by atoms with Crippen molar-refractivity contribution >= 4 is 28.5 Å². The molecule has 1 fully saturated rings. The maximum absolute atomic E-state index is 12.8. The second kappa shape index (κ2) is 7.13. The number of amides is 2. The Bertz CT molecular complexity index is 1130. The number of rotatable bonds is 3. The first-order chi connectivity index (χ1) is 14.5. The minimum atomic E-state index is -0.307. The lowest BCUT2D eigenvalue weighted by Gasteiger charge is -2.33. The Labute approximate surface area is 173 Å². The van der Waals surface area contributed by atoms with E-state index >= 15 is 0 Å². The van der Waals surface area contributed by atoms with Crippen LogP contribution in [-0.4, -0.2) is 75.9 Å². The number of aromatic nitrogens is 4. The molecular weight excluding hydrogens is 384 g/mol. The van der Waals surface area contributed by atoms with Gasteiger partial charge in [0, 0.05) is 38.1 Å². The third kappa shape index (κ3) is 3.18. The molecular formula is C20H24N8O2. The van der Waals surface area contributed by atoms with Gasteiger partial charge in [0.2, 0.25) is 0 Å². The molecule has 2 aliphatic heterocycles. The summed E-state index contributed by atoms with van der Waals surface area (Å²) >= 11 is 0. The second-order valence-corrected chi connectivity index (χ2v) is 7.93. The van der Waals surface area contributed by atoms with Crippen molar-refractivity contribution in [3.8, 4) is 0 Å². The maximum atomic E-state index is 12.8.